The molecular weight excluding hydrogens is 222 g/mol. The number of nitrogens with two attached hydrogens (primary N) is 1. The Labute approximate surface area is 99.6 Å². The van der Waals surface area contributed by atoms with Crippen LogP contribution in [0, 0.1) is 0 Å². The predicted molar refractivity (Wildman–Crippen MR) is 64.1 cm³/mol. The number of nitrogens with zero attached hydrogens (tertiary/aromatic N) is 4. The molecule has 0 aliphatic carbocycles. The molecule has 0 fully saturated rings. The molecule has 1 atom stereocenters. The van der Waals surface area contributed by atoms with Gasteiger partial charge in [-0.15, -0.1) is 0 Å². The van der Waals surface area contributed by atoms with Gasteiger partial charge >= 0.3 is 0 Å². The lowest BCUT2D eigenvalue weighted by atomic mass is 10.2. The van der Waals surface area contributed by atoms with Crippen LogP contribution in [0.1, 0.15) is 19.0 Å². The summed E-state index contributed by atoms with van der Waals surface area (Å²) < 4.78 is 0. The van der Waals surface area contributed by atoms with Gasteiger partial charge in [0.2, 0.25) is 0 Å². The molecule has 1 aromatic rings. The fourth-order valence-electron chi connectivity index (χ4n) is 1.32. The van der Waals surface area contributed by atoms with Gasteiger partial charge in [-0.25, -0.2) is 9.97 Å². The predicted octanol–water partition coefficient (Wildman–Crippen LogP) is -0.222. The lowest BCUT2D eigenvalue weighted by Gasteiger charge is -2.20. The van der Waals surface area contributed by atoms with E-state index in [9.17, 15) is 5.11 Å². The van der Waals surface area contributed by atoms with Crippen molar-refractivity contribution in [1.29, 1.82) is 0 Å². The van der Waals surface area contributed by atoms with Crippen LogP contribution in [0.25, 0.3) is 0 Å². The smallest absolute Gasteiger partial charge is 0.192 e. The zero-order valence-electron chi connectivity index (χ0n) is 9.91. The van der Waals surface area contributed by atoms with E-state index in [1.165, 1.54) is 12.4 Å². The van der Waals surface area contributed by atoms with Crippen LogP contribution in [0.4, 0.5) is 5.82 Å². The minimum absolute atomic E-state index is 0.0861. The summed E-state index contributed by atoms with van der Waals surface area (Å²) in [7, 11) is 1.81. The van der Waals surface area contributed by atoms with Crippen LogP contribution in [0.2, 0.25) is 0 Å². The summed E-state index contributed by atoms with van der Waals surface area (Å²) in [6, 6.07) is 0. The van der Waals surface area contributed by atoms with E-state index < -0.39 is 0 Å². The van der Waals surface area contributed by atoms with Gasteiger partial charge in [0.05, 0.1) is 6.10 Å². The van der Waals surface area contributed by atoms with Gasteiger partial charge in [-0.3, -0.25) is 0 Å². The normalized spacial score (nSPS) is 13.5. The summed E-state index contributed by atoms with van der Waals surface area (Å²) in [6.07, 6.45) is 3.21. The fourth-order valence-corrected chi connectivity index (χ4v) is 1.32. The van der Waals surface area contributed by atoms with E-state index in [-0.39, 0.29) is 11.9 Å². The maximum atomic E-state index is 9.22. The SMILES string of the molecule is CC(O)CCN(C)c1nccnc1C(N)=NO. The van der Waals surface area contributed by atoms with Crippen LogP contribution in [0.15, 0.2) is 17.5 Å². The average Bonchev–Trinajstić information content (AvgIpc) is 2.34. The van der Waals surface area contributed by atoms with Gasteiger partial charge in [-0.1, -0.05) is 5.16 Å². The Morgan fingerprint density at radius 3 is 2.76 bits per heavy atom. The van der Waals surface area contributed by atoms with Crippen LogP contribution < -0.4 is 10.6 Å². The maximum Gasteiger partial charge on any atom is 0.192 e. The molecule has 0 aromatic carbocycles. The Hall–Kier alpha value is -1.89. The molecule has 0 bridgehead atoms. The van der Waals surface area contributed by atoms with E-state index in [1.807, 2.05) is 0 Å². The highest BCUT2D eigenvalue weighted by Gasteiger charge is 2.14. The number of amidine groups is 1. The first-order chi connectivity index (χ1) is 8.06. The molecule has 0 amide bonds. The summed E-state index contributed by atoms with van der Waals surface area (Å²) in [4.78, 5) is 9.95. The molecule has 7 heteroatoms. The van der Waals surface area contributed by atoms with Crippen molar-refractivity contribution in [2.45, 2.75) is 19.4 Å². The second kappa shape index (κ2) is 6.00. The molecule has 1 heterocycles. The van der Waals surface area contributed by atoms with Crippen molar-refractivity contribution in [3.8, 4) is 0 Å². The second-order valence-corrected chi connectivity index (χ2v) is 3.77. The summed E-state index contributed by atoms with van der Waals surface area (Å²) >= 11 is 0. The minimum Gasteiger partial charge on any atom is -0.409 e. The van der Waals surface area contributed by atoms with E-state index in [1.54, 1.807) is 18.9 Å². The zero-order valence-corrected chi connectivity index (χ0v) is 9.91. The van der Waals surface area contributed by atoms with E-state index in [2.05, 4.69) is 15.1 Å². The van der Waals surface area contributed by atoms with E-state index in [0.717, 1.165) is 0 Å². The first-order valence-electron chi connectivity index (χ1n) is 5.24. The van der Waals surface area contributed by atoms with E-state index in [4.69, 9.17) is 10.9 Å². The van der Waals surface area contributed by atoms with Gasteiger partial charge in [0.25, 0.3) is 0 Å². The molecule has 94 valence electrons. The third kappa shape index (κ3) is 3.56. The molecule has 1 rings (SSSR count). The van der Waals surface area contributed by atoms with Crippen molar-refractivity contribution in [1.82, 2.24) is 9.97 Å². The third-order valence-corrected chi connectivity index (χ3v) is 2.27. The molecule has 0 saturated carbocycles. The number of hydrogen-bond acceptors (Lipinski definition) is 6. The van der Waals surface area contributed by atoms with Gasteiger partial charge in [0, 0.05) is 26.0 Å². The highest BCUT2D eigenvalue weighted by molar-refractivity contribution is 5.99. The van der Waals surface area contributed by atoms with E-state index >= 15 is 0 Å². The first kappa shape index (κ1) is 13.2. The Bertz CT molecular complexity index is 394. The Morgan fingerprint density at radius 2 is 2.18 bits per heavy atom. The molecule has 0 radical (unpaired) electrons. The molecule has 7 nitrogen and oxygen atoms in total. The van der Waals surface area contributed by atoms with Crippen LogP contribution in [0.5, 0.6) is 0 Å². The summed E-state index contributed by atoms with van der Waals surface area (Å²) in [5, 5.41) is 20.8. The van der Waals surface area contributed by atoms with Crippen LogP contribution >= 0.6 is 0 Å². The Balaban J connectivity index is 2.89. The number of aliphatic hydroxyl groups is 1. The van der Waals surface area contributed by atoms with E-state index in [0.29, 0.717) is 24.5 Å². The first-order valence-corrected chi connectivity index (χ1v) is 5.24. The van der Waals surface area contributed by atoms with Gasteiger partial charge in [0.15, 0.2) is 17.3 Å². The topological polar surface area (TPSA) is 108 Å². The molecule has 17 heavy (non-hydrogen) atoms. The van der Waals surface area contributed by atoms with Gasteiger partial charge in [0.1, 0.15) is 0 Å². The fraction of sp³-hybridized carbons (Fsp3) is 0.500. The number of oxime groups is 1. The highest BCUT2D eigenvalue weighted by atomic mass is 16.4. The van der Waals surface area contributed by atoms with Gasteiger partial charge in [-0.2, -0.15) is 0 Å². The molecule has 0 saturated heterocycles. The van der Waals surface area contributed by atoms with Crippen molar-refractivity contribution in [2.75, 3.05) is 18.5 Å². The summed E-state index contributed by atoms with van der Waals surface area (Å²) in [5.74, 6) is 0.431. The maximum absolute atomic E-state index is 9.22. The van der Waals surface area contributed by atoms with Crippen molar-refractivity contribution in [3.63, 3.8) is 0 Å². The molecule has 0 aliphatic heterocycles. The molecule has 1 aromatic heterocycles. The number of anilines is 1. The van der Waals surface area contributed by atoms with Crippen molar-refractivity contribution >= 4 is 11.7 Å². The van der Waals surface area contributed by atoms with Crippen molar-refractivity contribution in [2.24, 2.45) is 10.9 Å². The molecule has 0 spiro atoms. The monoisotopic (exact) mass is 239 g/mol. The molecule has 4 N–H and O–H groups in total. The number of hydrogen-bond donors (Lipinski definition) is 3. The third-order valence-electron chi connectivity index (χ3n) is 2.27. The lowest BCUT2D eigenvalue weighted by molar-refractivity contribution is 0.187. The number of aromatic nitrogens is 2. The largest absolute Gasteiger partial charge is 0.409 e. The Kier molecular flexibility index (Phi) is 4.65. The molecular formula is C10H17N5O2. The lowest BCUT2D eigenvalue weighted by Crippen LogP contribution is -2.27. The Morgan fingerprint density at radius 1 is 1.53 bits per heavy atom. The molecule has 1 unspecified atom stereocenters. The van der Waals surface area contributed by atoms with Crippen LogP contribution in [0.3, 0.4) is 0 Å². The average molecular weight is 239 g/mol. The minimum atomic E-state index is -0.388. The van der Waals surface area contributed by atoms with Crippen LogP contribution in [-0.2, 0) is 0 Å². The second-order valence-electron chi connectivity index (χ2n) is 3.77. The standard InChI is InChI=1S/C10H17N5O2/c1-7(16)3-6-15(2)10-8(9(11)14-17)12-4-5-13-10/h4-5,7,16-17H,3,6H2,1-2H3,(H2,11,14). The van der Waals surface area contributed by atoms with Crippen molar-refractivity contribution in [3.05, 3.63) is 18.1 Å². The summed E-state index contributed by atoms with van der Waals surface area (Å²) in [6.45, 7) is 2.32. The number of rotatable bonds is 5. The van der Waals surface area contributed by atoms with Crippen molar-refractivity contribution < 1.29 is 10.3 Å². The van der Waals surface area contributed by atoms with Gasteiger partial charge in [-0.05, 0) is 13.3 Å². The highest BCUT2D eigenvalue weighted by Crippen LogP contribution is 2.13. The number of aliphatic hydroxyl groups excluding tert-OH is 1. The van der Waals surface area contributed by atoms with Crippen LogP contribution in [-0.4, -0.2) is 45.8 Å². The zero-order chi connectivity index (χ0) is 12.8. The van der Waals surface area contributed by atoms with Gasteiger partial charge < -0.3 is 20.9 Å². The summed E-state index contributed by atoms with van der Waals surface area (Å²) in [5.41, 5.74) is 5.83. The molecule has 0 aliphatic rings. The quantitative estimate of drug-likeness (QED) is 0.284.